The maximum absolute atomic E-state index is 12.6. The molecule has 1 fully saturated rings. The van der Waals surface area contributed by atoms with E-state index in [2.05, 4.69) is 17.0 Å². The third-order valence-corrected chi connectivity index (χ3v) is 6.19. The fourth-order valence-corrected chi connectivity index (χ4v) is 4.72. The van der Waals surface area contributed by atoms with Gasteiger partial charge >= 0.3 is 0 Å². The highest BCUT2D eigenvalue weighted by molar-refractivity contribution is 7.89. The molecule has 2 N–H and O–H groups in total. The number of amides is 1. The quantitative estimate of drug-likeness (QED) is 0.897. The molecule has 0 unspecified atom stereocenters. The molecule has 1 saturated carbocycles. The van der Waals surface area contributed by atoms with Gasteiger partial charge in [-0.1, -0.05) is 19.8 Å². The van der Waals surface area contributed by atoms with E-state index in [4.69, 9.17) is 0 Å². The van der Waals surface area contributed by atoms with Crippen molar-refractivity contribution in [2.45, 2.75) is 56.4 Å². The van der Waals surface area contributed by atoms with Crippen molar-refractivity contribution in [2.24, 2.45) is 5.92 Å². The first-order valence-electron chi connectivity index (χ1n) is 7.91. The molecule has 1 aliphatic carbocycles. The lowest BCUT2D eigenvalue weighted by Gasteiger charge is -2.29. The van der Waals surface area contributed by atoms with E-state index >= 15 is 0 Å². The van der Waals surface area contributed by atoms with Gasteiger partial charge in [0.25, 0.3) is 0 Å². The Hall–Kier alpha value is -1.40. The predicted octanol–water partition coefficient (Wildman–Crippen LogP) is 2.43. The summed E-state index contributed by atoms with van der Waals surface area (Å²) in [5.41, 5.74) is 1.61. The van der Waals surface area contributed by atoms with Crippen molar-refractivity contribution >= 4 is 21.6 Å². The van der Waals surface area contributed by atoms with E-state index < -0.39 is 10.0 Å². The molecule has 22 heavy (non-hydrogen) atoms. The number of carbonyl (C=O) groups excluding carboxylic acids is 1. The summed E-state index contributed by atoms with van der Waals surface area (Å²) in [6.45, 7) is 2.11. The Balaban J connectivity index is 1.81. The molecule has 3 rings (SSSR count). The van der Waals surface area contributed by atoms with Crippen LogP contribution in [-0.4, -0.2) is 20.4 Å². The van der Waals surface area contributed by atoms with Gasteiger partial charge in [-0.05, 0) is 48.9 Å². The topological polar surface area (TPSA) is 75.3 Å². The van der Waals surface area contributed by atoms with Crippen LogP contribution in [0.5, 0.6) is 0 Å². The minimum atomic E-state index is -3.50. The SMILES string of the molecule is C[C@H]1CCCC[C@H]1NS(=O)(=O)c1ccc2c(c1)CCC(=O)N2. The number of hydrogen-bond acceptors (Lipinski definition) is 3. The molecular weight excluding hydrogens is 300 g/mol. The molecule has 0 radical (unpaired) electrons. The maximum Gasteiger partial charge on any atom is 0.240 e. The Kier molecular flexibility index (Phi) is 4.23. The van der Waals surface area contributed by atoms with Gasteiger partial charge in [0.1, 0.15) is 0 Å². The first kappa shape index (κ1) is 15.5. The van der Waals surface area contributed by atoms with Gasteiger partial charge in [-0.15, -0.1) is 0 Å². The van der Waals surface area contributed by atoms with Crippen LogP contribution >= 0.6 is 0 Å². The Morgan fingerprint density at radius 3 is 2.73 bits per heavy atom. The van der Waals surface area contributed by atoms with Crippen LogP contribution in [0.15, 0.2) is 23.1 Å². The molecule has 6 heteroatoms. The zero-order chi connectivity index (χ0) is 15.7. The lowest BCUT2D eigenvalue weighted by atomic mass is 9.87. The summed E-state index contributed by atoms with van der Waals surface area (Å²) < 4.78 is 28.1. The number of carbonyl (C=O) groups is 1. The van der Waals surface area contributed by atoms with Gasteiger partial charge in [0.2, 0.25) is 15.9 Å². The summed E-state index contributed by atoms with van der Waals surface area (Å²) in [5, 5.41) is 2.77. The molecule has 1 heterocycles. The van der Waals surface area contributed by atoms with Gasteiger partial charge in [0.15, 0.2) is 0 Å². The fourth-order valence-electron chi connectivity index (χ4n) is 3.29. The highest BCUT2D eigenvalue weighted by atomic mass is 32.2. The first-order valence-corrected chi connectivity index (χ1v) is 9.39. The lowest BCUT2D eigenvalue weighted by molar-refractivity contribution is -0.116. The second-order valence-corrected chi connectivity index (χ2v) is 8.07. The van der Waals surface area contributed by atoms with Crippen LogP contribution in [-0.2, 0) is 21.2 Å². The lowest BCUT2D eigenvalue weighted by Crippen LogP contribution is -2.41. The smallest absolute Gasteiger partial charge is 0.240 e. The van der Waals surface area contributed by atoms with Gasteiger partial charge < -0.3 is 5.32 Å². The van der Waals surface area contributed by atoms with Crippen molar-refractivity contribution in [3.8, 4) is 0 Å². The number of aryl methyl sites for hydroxylation is 1. The molecule has 0 spiro atoms. The zero-order valence-electron chi connectivity index (χ0n) is 12.8. The normalized spacial score (nSPS) is 25.4. The Bertz CT molecular complexity index is 685. The molecule has 2 aliphatic rings. The van der Waals surface area contributed by atoms with Crippen LogP contribution in [0, 0.1) is 5.92 Å². The third-order valence-electron chi connectivity index (χ3n) is 4.70. The van der Waals surface area contributed by atoms with Crippen LogP contribution < -0.4 is 10.0 Å². The van der Waals surface area contributed by atoms with Crippen molar-refractivity contribution in [1.29, 1.82) is 0 Å². The second kappa shape index (κ2) is 6.01. The van der Waals surface area contributed by atoms with Gasteiger partial charge in [0, 0.05) is 18.2 Å². The van der Waals surface area contributed by atoms with E-state index in [1.807, 2.05) is 0 Å². The van der Waals surface area contributed by atoms with Crippen molar-refractivity contribution < 1.29 is 13.2 Å². The number of benzene rings is 1. The highest BCUT2D eigenvalue weighted by Gasteiger charge is 2.27. The summed E-state index contributed by atoms with van der Waals surface area (Å²) in [6, 6.07) is 4.96. The summed E-state index contributed by atoms with van der Waals surface area (Å²) in [5.74, 6) is 0.359. The molecule has 0 bridgehead atoms. The van der Waals surface area contributed by atoms with Crippen LogP contribution in [0.1, 0.15) is 44.6 Å². The minimum absolute atomic E-state index is 0.0164. The minimum Gasteiger partial charge on any atom is -0.326 e. The van der Waals surface area contributed by atoms with E-state index in [1.165, 1.54) is 6.42 Å². The number of rotatable bonds is 3. The van der Waals surface area contributed by atoms with Crippen LogP contribution in [0.2, 0.25) is 0 Å². The van der Waals surface area contributed by atoms with Gasteiger partial charge in [-0.3, -0.25) is 4.79 Å². The van der Waals surface area contributed by atoms with Gasteiger partial charge in [-0.25, -0.2) is 13.1 Å². The zero-order valence-corrected chi connectivity index (χ0v) is 13.6. The molecule has 1 aromatic rings. The Morgan fingerprint density at radius 1 is 1.18 bits per heavy atom. The number of hydrogen-bond donors (Lipinski definition) is 2. The number of fused-ring (bicyclic) bond motifs is 1. The van der Waals surface area contributed by atoms with E-state index in [1.54, 1.807) is 18.2 Å². The molecule has 120 valence electrons. The van der Waals surface area contributed by atoms with Crippen molar-refractivity contribution in [1.82, 2.24) is 4.72 Å². The summed E-state index contributed by atoms with van der Waals surface area (Å²) >= 11 is 0. The summed E-state index contributed by atoms with van der Waals surface area (Å²) in [4.78, 5) is 11.7. The molecule has 0 saturated heterocycles. The molecule has 1 amide bonds. The maximum atomic E-state index is 12.6. The standard InChI is InChI=1S/C16H22N2O3S/c1-11-4-2-3-5-14(11)18-22(20,21)13-7-8-15-12(10-13)6-9-16(19)17-15/h7-8,10-11,14,18H,2-6,9H2,1H3,(H,17,19)/t11-,14+/m0/s1. The number of nitrogens with one attached hydrogen (secondary N) is 2. The average molecular weight is 322 g/mol. The summed E-state index contributed by atoms with van der Waals surface area (Å²) in [6.07, 6.45) is 5.23. The molecule has 5 nitrogen and oxygen atoms in total. The Morgan fingerprint density at radius 2 is 1.95 bits per heavy atom. The summed E-state index contributed by atoms with van der Waals surface area (Å²) in [7, 11) is -3.50. The van der Waals surface area contributed by atoms with E-state index in [0.29, 0.717) is 23.7 Å². The monoisotopic (exact) mass is 322 g/mol. The van der Waals surface area contributed by atoms with Gasteiger partial charge in [0.05, 0.1) is 4.90 Å². The van der Waals surface area contributed by atoms with Crippen molar-refractivity contribution in [2.75, 3.05) is 5.32 Å². The van der Waals surface area contributed by atoms with Crippen LogP contribution in [0.4, 0.5) is 5.69 Å². The fraction of sp³-hybridized carbons (Fsp3) is 0.562. The molecule has 0 aromatic heterocycles. The molecule has 1 aliphatic heterocycles. The largest absolute Gasteiger partial charge is 0.326 e. The number of sulfonamides is 1. The highest BCUT2D eigenvalue weighted by Crippen LogP contribution is 2.28. The van der Waals surface area contributed by atoms with E-state index in [9.17, 15) is 13.2 Å². The van der Waals surface area contributed by atoms with Crippen LogP contribution in [0.3, 0.4) is 0 Å². The van der Waals surface area contributed by atoms with E-state index in [0.717, 1.165) is 30.5 Å². The molecular formula is C16H22N2O3S. The van der Waals surface area contributed by atoms with Gasteiger partial charge in [-0.2, -0.15) is 0 Å². The predicted molar refractivity (Wildman–Crippen MR) is 85.1 cm³/mol. The van der Waals surface area contributed by atoms with Crippen molar-refractivity contribution in [3.05, 3.63) is 23.8 Å². The third kappa shape index (κ3) is 3.17. The Labute approximate surface area is 131 Å². The second-order valence-electron chi connectivity index (χ2n) is 6.36. The molecule has 2 atom stereocenters. The number of anilines is 1. The van der Waals surface area contributed by atoms with E-state index in [-0.39, 0.29) is 11.9 Å². The van der Waals surface area contributed by atoms with Crippen LogP contribution in [0.25, 0.3) is 0 Å². The first-order chi connectivity index (χ1) is 10.5. The average Bonchev–Trinajstić information content (AvgIpc) is 2.49. The van der Waals surface area contributed by atoms with Crippen molar-refractivity contribution in [3.63, 3.8) is 0 Å². The molecule has 1 aromatic carbocycles.